The van der Waals surface area contributed by atoms with Crippen LogP contribution in [0.15, 0.2) is 43.0 Å². The standard InChI is InChI=1S/C17H20N4O3/c22-16(23)14-5-3-8-20(11-14)17(24)19-10-13-4-1-2-6-15(13)21-9-7-18-12-21/h1-2,4,6-7,9,12,14H,3,5,8,10-11H2,(H,19,24)(H,22,23). The number of carbonyl (C=O) groups is 2. The van der Waals surface area contributed by atoms with E-state index in [-0.39, 0.29) is 12.6 Å². The average molecular weight is 328 g/mol. The van der Waals surface area contributed by atoms with E-state index in [1.807, 2.05) is 35.0 Å². The maximum atomic E-state index is 12.3. The lowest BCUT2D eigenvalue weighted by Gasteiger charge is -2.30. The molecule has 2 amide bonds. The first-order valence-corrected chi connectivity index (χ1v) is 7.97. The molecule has 2 N–H and O–H groups in total. The molecule has 1 aliphatic rings. The van der Waals surface area contributed by atoms with Crippen LogP contribution >= 0.6 is 0 Å². The first-order chi connectivity index (χ1) is 11.6. The van der Waals surface area contributed by atoms with Gasteiger partial charge >= 0.3 is 12.0 Å². The zero-order chi connectivity index (χ0) is 16.9. The number of carboxylic acid groups (broad SMARTS) is 1. The summed E-state index contributed by atoms with van der Waals surface area (Å²) in [6, 6.07) is 7.55. The molecule has 1 aromatic carbocycles. The molecule has 1 aliphatic heterocycles. The van der Waals surface area contributed by atoms with Gasteiger partial charge in [-0.3, -0.25) is 4.79 Å². The van der Waals surface area contributed by atoms with Gasteiger partial charge in [-0.2, -0.15) is 0 Å². The van der Waals surface area contributed by atoms with Crippen molar-refractivity contribution in [3.8, 4) is 5.69 Å². The van der Waals surface area contributed by atoms with Gasteiger partial charge in [0.2, 0.25) is 0 Å². The Balaban J connectivity index is 1.64. The van der Waals surface area contributed by atoms with Crippen LogP contribution in [0.1, 0.15) is 18.4 Å². The topological polar surface area (TPSA) is 87.5 Å². The largest absolute Gasteiger partial charge is 0.481 e. The molecule has 1 saturated heterocycles. The van der Waals surface area contributed by atoms with Crippen LogP contribution in [0.2, 0.25) is 0 Å². The third-order valence-corrected chi connectivity index (χ3v) is 4.26. The summed E-state index contributed by atoms with van der Waals surface area (Å²) in [5.41, 5.74) is 1.92. The number of aliphatic carboxylic acids is 1. The number of rotatable bonds is 4. The molecule has 1 aromatic heterocycles. The highest BCUT2D eigenvalue weighted by Gasteiger charge is 2.27. The van der Waals surface area contributed by atoms with E-state index in [2.05, 4.69) is 10.3 Å². The van der Waals surface area contributed by atoms with E-state index in [9.17, 15) is 9.59 Å². The number of carboxylic acids is 1. The monoisotopic (exact) mass is 328 g/mol. The van der Waals surface area contributed by atoms with Gasteiger partial charge in [0, 0.05) is 32.0 Å². The second-order valence-corrected chi connectivity index (χ2v) is 5.88. The molecule has 1 unspecified atom stereocenters. The summed E-state index contributed by atoms with van der Waals surface area (Å²) in [6.07, 6.45) is 6.61. The van der Waals surface area contributed by atoms with Crippen molar-refractivity contribution in [3.05, 3.63) is 48.5 Å². The zero-order valence-electron chi connectivity index (χ0n) is 13.3. The van der Waals surface area contributed by atoms with Crippen LogP contribution in [0.25, 0.3) is 5.69 Å². The first-order valence-electron chi connectivity index (χ1n) is 7.97. The number of imidazole rings is 1. The summed E-state index contributed by atoms with van der Waals surface area (Å²) < 4.78 is 1.89. The lowest BCUT2D eigenvalue weighted by molar-refractivity contribution is -0.143. The minimum Gasteiger partial charge on any atom is -0.481 e. The molecule has 3 rings (SSSR count). The van der Waals surface area contributed by atoms with E-state index < -0.39 is 11.9 Å². The van der Waals surface area contributed by atoms with Crippen molar-refractivity contribution in [2.45, 2.75) is 19.4 Å². The molecule has 7 nitrogen and oxygen atoms in total. The van der Waals surface area contributed by atoms with Crippen molar-refractivity contribution in [1.82, 2.24) is 19.8 Å². The molecule has 0 saturated carbocycles. The number of nitrogens with zero attached hydrogens (tertiary/aromatic N) is 3. The van der Waals surface area contributed by atoms with Crippen molar-refractivity contribution < 1.29 is 14.7 Å². The van der Waals surface area contributed by atoms with Gasteiger partial charge in [0.05, 0.1) is 17.9 Å². The molecule has 0 radical (unpaired) electrons. The molecule has 0 spiro atoms. The van der Waals surface area contributed by atoms with Crippen LogP contribution in [-0.4, -0.2) is 44.6 Å². The van der Waals surface area contributed by atoms with Crippen molar-refractivity contribution >= 4 is 12.0 Å². The number of carbonyl (C=O) groups excluding carboxylic acids is 1. The zero-order valence-corrected chi connectivity index (χ0v) is 13.3. The SMILES string of the molecule is O=C(O)C1CCCN(C(=O)NCc2ccccc2-n2ccnc2)C1. The molecule has 0 bridgehead atoms. The Hall–Kier alpha value is -2.83. The van der Waals surface area contributed by atoms with Crippen LogP contribution in [0, 0.1) is 5.92 Å². The average Bonchev–Trinajstić information content (AvgIpc) is 3.14. The number of para-hydroxylation sites is 1. The summed E-state index contributed by atoms with van der Waals surface area (Å²) >= 11 is 0. The number of urea groups is 1. The van der Waals surface area contributed by atoms with Gasteiger partial charge in [-0.1, -0.05) is 18.2 Å². The summed E-state index contributed by atoms with van der Waals surface area (Å²) in [5.74, 6) is -1.30. The predicted octanol–water partition coefficient (Wildman–Crippen LogP) is 1.88. The fraction of sp³-hybridized carbons (Fsp3) is 0.353. The lowest BCUT2D eigenvalue weighted by atomic mass is 9.99. The molecule has 1 fully saturated rings. The van der Waals surface area contributed by atoms with E-state index in [1.54, 1.807) is 17.4 Å². The van der Waals surface area contributed by atoms with Gasteiger partial charge in [-0.05, 0) is 24.5 Å². The number of benzene rings is 1. The van der Waals surface area contributed by atoms with E-state index in [0.717, 1.165) is 17.7 Å². The highest BCUT2D eigenvalue weighted by Crippen LogP contribution is 2.17. The second kappa shape index (κ2) is 7.16. The normalized spacial score (nSPS) is 17.5. The molecular weight excluding hydrogens is 308 g/mol. The maximum Gasteiger partial charge on any atom is 0.317 e. The molecule has 2 aromatic rings. The number of aromatic nitrogens is 2. The van der Waals surface area contributed by atoms with Crippen LogP contribution in [0.5, 0.6) is 0 Å². The summed E-state index contributed by atoms with van der Waals surface area (Å²) in [4.78, 5) is 29.1. The Morgan fingerprint density at radius 3 is 2.92 bits per heavy atom. The van der Waals surface area contributed by atoms with Gasteiger partial charge in [0.15, 0.2) is 0 Å². The van der Waals surface area contributed by atoms with Crippen molar-refractivity contribution in [2.24, 2.45) is 5.92 Å². The lowest BCUT2D eigenvalue weighted by Crippen LogP contribution is -2.46. The van der Waals surface area contributed by atoms with Crippen molar-refractivity contribution in [1.29, 1.82) is 0 Å². The number of hydrogen-bond acceptors (Lipinski definition) is 3. The number of nitrogens with one attached hydrogen (secondary N) is 1. The molecule has 24 heavy (non-hydrogen) atoms. The van der Waals surface area contributed by atoms with Crippen LogP contribution in [0.4, 0.5) is 4.79 Å². The van der Waals surface area contributed by atoms with Gasteiger partial charge < -0.3 is 19.9 Å². The van der Waals surface area contributed by atoms with Gasteiger partial charge in [0.25, 0.3) is 0 Å². The van der Waals surface area contributed by atoms with Crippen LogP contribution in [0.3, 0.4) is 0 Å². The van der Waals surface area contributed by atoms with Gasteiger partial charge in [0.1, 0.15) is 0 Å². The molecular formula is C17H20N4O3. The third kappa shape index (κ3) is 3.56. The second-order valence-electron chi connectivity index (χ2n) is 5.88. The van der Waals surface area contributed by atoms with E-state index in [1.165, 1.54) is 0 Å². The Morgan fingerprint density at radius 1 is 1.33 bits per heavy atom. The van der Waals surface area contributed by atoms with E-state index in [4.69, 9.17) is 5.11 Å². The minimum absolute atomic E-state index is 0.221. The summed E-state index contributed by atoms with van der Waals surface area (Å²) in [5, 5.41) is 12.0. The highest BCUT2D eigenvalue weighted by molar-refractivity contribution is 5.76. The first kappa shape index (κ1) is 16.0. The maximum absolute atomic E-state index is 12.3. The van der Waals surface area contributed by atoms with Gasteiger partial charge in [-0.25, -0.2) is 9.78 Å². The Kier molecular flexibility index (Phi) is 4.79. The minimum atomic E-state index is -0.835. The van der Waals surface area contributed by atoms with Crippen LogP contribution < -0.4 is 5.32 Å². The van der Waals surface area contributed by atoms with E-state index >= 15 is 0 Å². The summed E-state index contributed by atoms with van der Waals surface area (Å²) in [6.45, 7) is 1.24. The molecule has 2 heterocycles. The fourth-order valence-corrected chi connectivity index (χ4v) is 2.96. The highest BCUT2D eigenvalue weighted by atomic mass is 16.4. The fourth-order valence-electron chi connectivity index (χ4n) is 2.96. The number of hydrogen-bond donors (Lipinski definition) is 2. The number of amides is 2. The quantitative estimate of drug-likeness (QED) is 0.897. The molecule has 7 heteroatoms. The molecule has 1 atom stereocenters. The van der Waals surface area contributed by atoms with Crippen molar-refractivity contribution in [2.75, 3.05) is 13.1 Å². The molecule has 0 aliphatic carbocycles. The van der Waals surface area contributed by atoms with E-state index in [0.29, 0.717) is 19.5 Å². The Morgan fingerprint density at radius 2 is 2.17 bits per heavy atom. The Bertz CT molecular complexity index is 714. The number of likely N-dealkylation sites (tertiary alicyclic amines) is 1. The third-order valence-electron chi connectivity index (χ3n) is 4.26. The Labute approximate surface area is 139 Å². The van der Waals surface area contributed by atoms with Crippen LogP contribution in [-0.2, 0) is 11.3 Å². The summed E-state index contributed by atoms with van der Waals surface area (Å²) in [7, 11) is 0. The smallest absolute Gasteiger partial charge is 0.317 e. The predicted molar refractivity (Wildman–Crippen MR) is 87.7 cm³/mol. The number of piperidine rings is 1. The van der Waals surface area contributed by atoms with Gasteiger partial charge in [-0.15, -0.1) is 0 Å². The van der Waals surface area contributed by atoms with Crippen molar-refractivity contribution in [3.63, 3.8) is 0 Å². The molecule has 126 valence electrons.